The first-order chi connectivity index (χ1) is 54.9. The van der Waals surface area contributed by atoms with Gasteiger partial charge in [-0.05, 0) is 38.3 Å². The Balaban J connectivity index is 0. The van der Waals surface area contributed by atoms with E-state index in [-0.39, 0.29) is 145 Å². The van der Waals surface area contributed by atoms with Crippen molar-refractivity contribution in [3.8, 4) is 0 Å². The van der Waals surface area contributed by atoms with E-state index < -0.39 is 11.9 Å². The van der Waals surface area contributed by atoms with Gasteiger partial charge in [0.25, 0.3) is 20.9 Å². The molecule has 113 heavy (non-hydrogen) atoms. The number of hydrogen-bond acceptors (Lipinski definition) is 38. The lowest BCUT2D eigenvalue weighted by molar-refractivity contribution is -0.274. The van der Waals surface area contributed by atoms with E-state index in [9.17, 15) is 9.59 Å². The van der Waals surface area contributed by atoms with Crippen LogP contribution < -0.4 is 124 Å². The molecule has 0 atom stereocenters. The van der Waals surface area contributed by atoms with Crippen molar-refractivity contribution in [1.82, 2.24) is 124 Å². The second kappa shape index (κ2) is 75.2. The second-order valence-electron chi connectivity index (χ2n) is 23.0. The van der Waals surface area contributed by atoms with Gasteiger partial charge in [-0.1, -0.05) is 111 Å². The van der Waals surface area contributed by atoms with Crippen LogP contribution in [0.2, 0.25) is 19.0 Å². The first-order valence-corrected chi connectivity index (χ1v) is 36.0. The number of nitrogens with one attached hydrogen (secondary N) is 24. The van der Waals surface area contributed by atoms with E-state index in [1.165, 1.54) is 0 Å². The minimum absolute atomic E-state index is 0.00567. The molecule has 602 valence electrons. The Morgan fingerprint density at radius 3 is 0.982 bits per heavy atom. The maximum Gasteiger partial charge on any atom is 0.456 e. The van der Waals surface area contributed by atoms with E-state index in [1.54, 1.807) is 67.7 Å². The summed E-state index contributed by atoms with van der Waals surface area (Å²) in [6.45, 7) is 75.9. The summed E-state index contributed by atoms with van der Waals surface area (Å²) >= 11 is 0. The molecule has 0 radical (unpaired) electrons. The fourth-order valence-corrected chi connectivity index (χ4v) is 9.28. The van der Waals surface area contributed by atoms with Gasteiger partial charge in [0, 0.05) is 51.1 Å². The molecule has 6 saturated heterocycles. The summed E-state index contributed by atoms with van der Waals surface area (Å²) in [4.78, 5) is 63.5. The Labute approximate surface area is 678 Å². The lowest BCUT2D eigenvalue weighted by atomic mass is 9.46. The Kier molecular flexibility index (Phi) is 72.0. The molecule has 0 bridgehead atoms. The molecule has 6 fully saturated rings. The lowest BCUT2D eigenvalue weighted by Crippen LogP contribution is -2.84. The smallest absolute Gasteiger partial charge is 0.456 e. The molecule has 6 heterocycles. The highest BCUT2D eigenvalue weighted by molar-refractivity contribution is 6.91. The molecule has 0 spiro atoms. The van der Waals surface area contributed by atoms with Crippen molar-refractivity contribution >= 4 is 153 Å². The predicted octanol–water partition coefficient (Wildman–Crippen LogP) is -6.11. The zero-order valence-corrected chi connectivity index (χ0v) is 65.9. The van der Waals surface area contributed by atoms with Crippen LogP contribution in [0, 0.1) is 0 Å². The Bertz CT molecular complexity index is 2510. The zero-order valence-electron chi connectivity index (χ0n) is 65.9. The molecular formula is C57H116B18N24O14. The fourth-order valence-electron chi connectivity index (χ4n) is 9.28. The summed E-state index contributed by atoms with van der Waals surface area (Å²) in [5.41, 5.74) is 0.388. The number of allylic oxidation sites excluding steroid dienone is 3. The minimum atomic E-state index is -0.499. The van der Waals surface area contributed by atoms with Gasteiger partial charge in [-0.3, -0.25) is 0 Å². The molecule has 0 aromatic heterocycles. The van der Waals surface area contributed by atoms with Crippen molar-refractivity contribution in [2.24, 2.45) is 0 Å². The molecule has 6 aliphatic rings. The van der Waals surface area contributed by atoms with E-state index in [0.29, 0.717) is 52.9 Å². The predicted molar refractivity (Wildman–Crippen MR) is 480 cm³/mol. The van der Waals surface area contributed by atoms with Crippen molar-refractivity contribution in [1.29, 1.82) is 0 Å². The number of rotatable bonds is 50. The summed E-state index contributed by atoms with van der Waals surface area (Å²) in [5, 5.41) is 76.6. The molecule has 0 amide bonds. The van der Waals surface area contributed by atoms with Crippen LogP contribution in [0.3, 0.4) is 0 Å². The van der Waals surface area contributed by atoms with Crippen molar-refractivity contribution < 1.29 is 67.0 Å². The van der Waals surface area contributed by atoms with Gasteiger partial charge in [-0.25, -0.2) is 34.5 Å². The lowest BCUT2D eigenvalue weighted by Gasteiger charge is -2.32. The normalized spacial score (nSPS) is 14.9. The van der Waals surface area contributed by atoms with Crippen molar-refractivity contribution in [2.45, 2.75) is 25.9 Å². The van der Waals surface area contributed by atoms with Gasteiger partial charge in [0.05, 0.1) is 32.6 Å². The van der Waals surface area contributed by atoms with Gasteiger partial charge in [0.1, 0.15) is 26.8 Å². The molecule has 24 N–H and O–H groups in total. The van der Waals surface area contributed by atoms with Crippen molar-refractivity contribution in [3.05, 3.63) is 227 Å². The van der Waals surface area contributed by atoms with E-state index in [2.05, 4.69) is 242 Å². The van der Waals surface area contributed by atoms with Crippen LogP contribution in [0.4, 0.5) is 0 Å². The second-order valence-corrected chi connectivity index (χ2v) is 23.0. The number of carbonyl (C=O) groups excluding carboxylic acids is 4. The Morgan fingerprint density at radius 1 is 0.336 bits per heavy atom. The maximum absolute atomic E-state index is 11.3. The number of hydrogen-bond donors (Lipinski definition) is 24. The third kappa shape index (κ3) is 56.2. The molecule has 38 nitrogen and oxygen atoms in total. The topological polar surface area (TPSA) is 449 Å². The van der Waals surface area contributed by atoms with Crippen LogP contribution in [-0.4, -0.2) is 238 Å². The number of esters is 2. The molecule has 6 rings (SSSR count). The number of ether oxygens (including phenoxy) is 2. The van der Waals surface area contributed by atoms with E-state index >= 15 is 0 Å². The van der Waals surface area contributed by atoms with Crippen molar-refractivity contribution in [2.75, 3.05) is 85.3 Å². The summed E-state index contributed by atoms with van der Waals surface area (Å²) in [6.07, 6.45) is 28.1. The third-order valence-corrected chi connectivity index (χ3v) is 13.9. The average molecular weight is 1560 g/mol. The molecule has 0 aliphatic carbocycles. The van der Waals surface area contributed by atoms with E-state index in [0.717, 1.165) is 44.7 Å². The van der Waals surface area contributed by atoms with Crippen LogP contribution in [0.25, 0.3) is 0 Å². The van der Waals surface area contributed by atoms with Crippen LogP contribution in [0.5, 0.6) is 0 Å². The zero-order chi connectivity index (χ0) is 84.5. The van der Waals surface area contributed by atoms with Crippen LogP contribution in [0.1, 0.15) is 6.92 Å². The molecule has 6 aliphatic heterocycles. The average Bonchev–Trinajstić information content (AvgIpc) is 0.885. The molecule has 0 aromatic rings. The molecule has 0 aromatic carbocycles. The van der Waals surface area contributed by atoms with Crippen LogP contribution >= 0.6 is 0 Å². The first-order valence-electron chi connectivity index (χ1n) is 36.0. The molecule has 0 unspecified atom stereocenters. The summed E-state index contributed by atoms with van der Waals surface area (Å²) < 4.78 is 26.5. The highest BCUT2D eigenvalue weighted by Crippen LogP contribution is 2.02. The third-order valence-electron chi connectivity index (χ3n) is 13.9. The van der Waals surface area contributed by atoms with Crippen LogP contribution in [-0.2, 0) is 67.0 Å². The Hall–Kier alpha value is -6.83. The quantitative estimate of drug-likeness (QED) is 0.00513. The summed E-state index contributed by atoms with van der Waals surface area (Å²) in [7, 11) is -1.67. The van der Waals surface area contributed by atoms with Crippen molar-refractivity contribution in [3.63, 3.8) is 0 Å². The maximum atomic E-state index is 11.3. The van der Waals surface area contributed by atoms with Gasteiger partial charge < -0.3 is 157 Å². The van der Waals surface area contributed by atoms with Gasteiger partial charge in [-0.15, -0.1) is 92.1 Å². The highest BCUT2D eigenvalue weighted by atomic mass is 17.2. The number of carbonyl (C=O) groups is 4. The van der Waals surface area contributed by atoms with Gasteiger partial charge in [0.2, 0.25) is 0 Å². The summed E-state index contributed by atoms with van der Waals surface area (Å²) in [5.74, 6) is 2.59. The van der Waals surface area contributed by atoms with E-state index in [1.807, 2.05) is 50.0 Å². The first kappa shape index (κ1) is 108. The largest absolute Gasteiger partial charge is 0.468 e. The van der Waals surface area contributed by atoms with Gasteiger partial charge in [0.15, 0.2) is 0 Å². The van der Waals surface area contributed by atoms with Gasteiger partial charge >= 0.3 is 118 Å². The van der Waals surface area contributed by atoms with Gasteiger partial charge in [-0.2, -0.15) is 0 Å². The fraction of sp³-hybridized carbons (Fsp3) is 0.298. The molecule has 56 heteroatoms. The molecule has 0 saturated carbocycles. The van der Waals surface area contributed by atoms with E-state index in [4.69, 9.17) is 57.4 Å². The highest BCUT2D eigenvalue weighted by Gasteiger charge is 2.42. The van der Waals surface area contributed by atoms with Crippen LogP contribution in [0.15, 0.2) is 227 Å². The summed E-state index contributed by atoms with van der Waals surface area (Å²) in [6, 6.07) is 0. The standard InChI is InChI=1S/C12H22B3N3O6.C9H21B3N6.C9H18B3N3O3.C9H16B3N3O2.C9H18B3N3.C7H17B3N6O.2CH2O/c1-4-7-21-23-10-14-16-13(9-20-12(19)6-3)17-15(18-14)11-24-22-8-5-2;1-4-7-13-10-16-11(14-8-5-2)18-12(17-10)15-9-6-3;1-4-7-16-10-13-11(17-8-5-2)15-12(14-10)18-9-6-3;1-5-10-13-11(6-2)15-12(14-10)7-17-9(16)8(3)4;1-4-7-10-13-11(8-5-2)15-12(14-10)9-6-3;1-4-7-17-16-10-14-8(11-5-2)13-9(15-10)12-6-3;2*1-2/h4-6,16-18H,1-3,7-11H2;4-6,13-18H,1-3,7-9H2;4-6,13-15H,1-3,7-9H2;5-6,13-15H,1-3,7H2,4H3;4-6,13-15H,1-3,7-9H2;4-6,11-16H,1-3,7H2;2*1H2. The minimum Gasteiger partial charge on any atom is -0.468 e. The molecular weight excluding hydrogens is 1440 g/mol. The SMILES string of the molecule is C=CB1NB(C=C)NB(COC(=O)C(=C)C)N1.C=CCB1NB(CC=C)NB(CC=C)N1.C=CCNB1NB(NCC=C)NB(NCC=C)N1.C=CCOB1NB(OCC=C)NB(OCC=C)N1.C=CCONB1NB(NC=C)NB(NC=C)N1.C=CCOOCB1NB(COOCC=C)NB(COC(=O)C=C)N1.C=O.C=O. The monoisotopic (exact) mass is 1560 g/mol. The Morgan fingerprint density at radius 2 is 0.664 bits per heavy atom.